The van der Waals surface area contributed by atoms with Gasteiger partial charge in [-0.1, -0.05) is 36.4 Å². The van der Waals surface area contributed by atoms with Gasteiger partial charge in [0.05, 0.1) is 21.5 Å². The predicted molar refractivity (Wildman–Crippen MR) is 96.7 cm³/mol. The van der Waals surface area contributed by atoms with E-state index >= 15 is 0 Å². The molecule has 2 atom stereocenters. The van der Waals surface area contributed by atoms with E-state index in [1.807, 2.05) is 0 Å². The standard InChI is InChI=1S/C19H22O6S.Na/c20-16-9-4-14(5-10-16)6-13-18(26(23,24)25)2-1-3-19(22)15-7-11-17(21)12-8-15;/h1,3-5,7-12,18-22H,2,6,13H2,(H,23,24,25);/q;+1/p-1/b3-1+;/t18-,19?;/m1./s1. The van der Waals surface area contributed by atoms with Gasteiger partial charge in [0.1, 0.15) is 11.5 Å². The molecule has 0 radical (unpaired) electrons. The summed E-state index contributed by atoms with van der Waals surface area (Å²) in [5.41, 5.74) is 1.37. The minimum absolute atomic E-state index is 0. The molecule has 3 N–H and O–H groups in total. The van der Waals surface area contributed by atoms with Gasteiger partial charge in [-0.25, -0.2) is 8.42 Å². The summed E-state index contributed by atoms with van der Waals surface area (Å²) in [6, 6.07) is 12.3. The van der Waals surface area contributed by atoms with Gasteiger partial charge in [-0.3, -0.25) is 0 Å². The Labute approximate surface area is 181 Å². The molecule has 0 aliphatic rings. The number of phenols is 2. The molecule has 0 amide bonds. The van der Waals surface area contributed by atoms with Crippen molar-refractivity contribution < 1.29 is 57.8 Å². The topological polar surface area (TPSA) is 118 Å². The molecule has 0 fully saturated rings. The predicted octanol–water partition coefficient (Wildman–Crippen LogP) is -0.372. The van der Waals surface area contributed by atoms with Crippen LogP contribution in [0.2, 0.25) is 0 Å². The van der Waals surface area contributed by atoms with Crippen LogP contribution in [0.1, 0.15) is 30.1 Å². The minimum Gasteiger partial charge on any atom is -0.748 e. The molecule has 1 unspecified atom stereocenters. The molecule has 27 heavy (non-hydrogen) atoms. The van der Waals surface area contributed by atoms with Crippen molar-refractivity contribution in [2.24, 2.45) is 0 Å². The zero-order valence-electron chi connectivity index (χ0n) is 15.0. The van der Waals surface area contributed by atoms with E-state index in [-0.39, 0.29) is 53.9 Å². The van der Waals surface area contributed by atoms with Crippen LogP contribution < -0.4 is 29.6 Å². The molecule has 6 nitrogen and oxygen atoms in total. The van der Waals surface area contributed by atoms with E-state index in [4.69, 9.17) is 0 Å². The zero-order chi connectivity index (χ0) is 19.2. The van der Waals surface area contributed by atoms with E-state index in [0.717, 1.165) is 5.56 Å². The summed E-state index contributed by atoms with van der Waals surface area (Å²) in [6.07, 6.45) is 2.48. The number of allylic oxidation sites excluding steroid dienone is 1. The summed E-state index contributed by atoms with van der Waals surface area (Å²) in [5.74, 6) is 0.199. The van der Waals surface area contributed by atoms with Crippen LogP contribution in [0.15, 0.2) is 60.7 Å². The molecular weight excluding hydrogens is 379 g/mol. The van der Waals surface area contributed by atoms with Crippen molar-refractivity contribution in [2.45, 2.75) is 30.6 Å². The van der Waals surface area contributed by atoms with Crippen molar-refractivity contribution in [3.63, 3.8) is 0 Å². The molecule has 2 aromatic rings. The molecule has 0 aromatic heterocycles. The molecule has 0 aliphatic heterocycles. The van der Waals surface area contributed by atoms with Gasteiger partial charge in [0.25, 0.3) is 0 Å². The molecule has 0 saturated carbocycles. The van der Waals surface area contributed by atoms with Crippen molar-refractivity contribution in [3.8, 4) is 11.5 Å². The second kappa shape index (κ2) is 10.8. The second-order valence-corrected chi connectivity index (χ2v) is 7.67. The molecular formula is C19H21NaO6S. The van der Waals surface area contributed by atoms with Crippen LogP contribution in [0.5, 0.6) is 11.5 Å². The fourth-order valence-electron chi connectivity index (χ4n) is 2.51. The molecule has 0 spiro atoms. The Bertz CT molecular complexity index is 832. The van der Waals surface area contributed by atoms with E-state index in [1.165, 1.54) is 36.4 Å². The maximum Gasteiger partial charge on any atom is 1.00 e. The number of phenolic OH excluding ortho intramolecular Hbond substituents is 2. The monoisotopic (exact) mass is 400 g/mol. The van der Waals surface area contributed by atoms with Crippen molar-refractivity contribution in [3.05, 3.63) is 71.8 Å². The number of hydrogen-bond donors (Lipinski definition) is 3. The Kier molecular flexibility index (Phi) is 9.52. The third-order valence-electron chi connectivity index (χ3n) is 4.05. The van der Waals surface area contributed by atoms with E-state index in [9.17, 15) is 28.3 Å². The summed E-state index contributed by atoms with van der Waals surface area (Å²) in [6.45, 7) is 0. The smallest absolute Gasteiger partial charge is 0.748 e. The maximum absolute atomic E-state index is 11.5. The van der Waals surface area contributed by atoms with Crippen LogP contribution in [-0.4, -0.2) is 33.5 Å². The fraction of sp³-hybridized carbons (Fsp3) is 0.263. The average Bonchev–Trinajstić information content (AvgIpc) is 2.58. The van der Waals surface area contributed by atoms with Gasteiger partial charge in [-0.15, -0.1) is 0 Å². The van der Waals surface area contributed by atoms with Crippen molar-refractivity contribution in [1.82, 2.24) is 0 Å². The van der Waals surface area contributed by atoms with Crippen molar-refractivity contribution in [2.75, 3.05) is 0 Å². The quantitative estimate of drug-likeness (QED) is 0.316. The average molecular weight is 400 g/mol. The number of aliphatic hydroxyl groups excluding tert-OH is 1. The summed E-state index contributed by atoms with van der Waals surface area (Å²) in [5, 5.41) is 27.4. The van der Waals surface area contributed by atoms with Crippen LogP contribution in [0.4, 0.5) is 0 Å². The SMILES string of the molecule is O=S(=O)([O-])[C@H](C/C=C/C(O)c1ccc(O)cc1)CCc1ccc(O)cc1.[Na+]. The van der Waals surface area contributed by atoms with Gasteiger partial charge in [0.2, 0.25) is 0 Å². The Balaban J connectivity index is 0.00000364. The van der Waals surface area contributed by atoms with Crippen LogP contribution in [0.25, 0.3) is 0 Å². The number of aromatic hydroxyl groups is 2. The first-order valence-electron chi connectivity index (χ1n) is 8.12. The summed E-state index contributed by atoms with van der Waals surface area (Å²) >= 11 is 0. The van der Waals surface area contributed by atoms with Gasteiger partial charge >= 0.3 is 29.6 Å². The van der Waals surface area contributed by atoms with Crippen LogP contribution in [0.3, 0.4) is 0 Å². The van der Waals surface area contributed by atoms with E-state index in [0.29, 0.717) is 12.0 Å². The Morgan fingerprint density at radius 3 is 2.00 bits per heavy atom. The van der Waals surface area contributed by atoms with Gasteiger partial charge in [-0.2, -0.15) is 0 Å². The molecule has 8 heteroatoms. The molecule has 2 aromatic carbocycles. The second-order valence-electron chi connectivity index (χ2n) is 6.02. The number of aryl methyl sites for hydroxylation is 1. The van der Waals surface area contributed by atoms with Gasteiger partial charge in [0.15, 0.2) is 0 Å². The third kappa shape index (κ3) is 8.04. The normalized spacial score (nSPS) is 13.9. The van der Waals surface area contributed by atoms with Crippen LogP contribution in [0, 0.1) is 0 Å². The first-order chi connectivity index (χ1) is 12.3. The van der Waals surface area contributed by atoms with Crippen LogP contribution in [-0.2, 0) is 16.5 Å². The summed E-state index contributed by atoms with van der Waals surface area (Å²) in [4.78, 5) is 0. The molecule has 0 bridgehead atoms. The Morgan fingerprint density at radius 1 is 0.963 bits per heavy atom. The Morgan fingerprint density at radius 2 is 1.48 bits per heavy atom. The largest absolute Gasteiger partial charge is 1.00 e. The van der Waals surface area contributed by atoms with E-state index in [2.05, 4.69) is 0 Å². The maximum atomic E-state index is 11.5. The van der Waals surface area contributed by atoms with E-state index < -0.39 is 21.5 Å². The third-order valence-corrected chi connectivity index (χ3v) is 5.30. The zero-order valence-corrected chi connectivity index (χ0v) is 17.8. The van der Waals surface area contributed by atoms with Gasteiger partial charge in [0, 0.05) is 0 Å². The minimum atomic E-state index is -4.48. The Hall–Kier alpha value is -1.35. The molecule has 0 saturated heterocycles. The number of aliphatic hydroxyl groups is 1. The number of hydrogen-bond acceptors (Lipinski definition) is 6. The van der Waals surface area contributed by atoms with Gasteiger partial charge in [-0.05, 0) is 54.7 Å². The van der Waals surface area contributed by atoms with Crippen LogP contribution >= 0.6 is 0 Å². The summed E-state index contributed by atoms with van der Waals surface area (Å²) in [7, 11) is -4.48. The van der Waals surface area contributed by atoms with Crippen molar-refractivity contribution >= 4 is 10.1 Å². The summed E-state index contributed by atoms with van der Waals surface area (Å²) < 4.78 is 34.4. The van der Waals surface area contributed by atoms with E-state index in [1.54, 1.807) is 24.3 Å². The van der Waals surface area contributed by atoms with Crippen molar-refractivity contribution in [1.29, 1.82) is 0 Å². The number of benzene rings is 2. The molecule has 0 aliphatic carbocycles. The first kappa shape index (κ1) is 23.7. The molecule has 140 valence electrons. The molecule has 2 rings (SSSR count). The van der Waals surface area contributed by atoms with Gasteiger partial charge < -0.3 is 19.9 Å². The molecule has 0 heterocycles. The fourth-order valence-corrected chi connectivity index (χ4v) is 3.27. The first-order valence-corrected chi connectivity index (χ1v) is 9.59. The number of rotatable bonds is 8.